The van der Waals surface area contributed by atoms with Gasteiger partial charge in [0.1, 0.15) is 12.4 Å². The molecule has 0 saturated heterocycles. The van der Waals surface area contributed by atoms with E-state index in [0.29, 0.717) is 5.82 Å². The van der Waals surface area contributed by atoms with Crippen molar-refractivity contribution in [1.82, 2.24) is 14.8 Å². The topological polar surface area (TPSA) is 50.9 Å². The van der Waals surface area contributed by atoms with Crippen molar-refractivity contribution in [1.29, 1.82) is 0 Å². The van der Waals surface area contributed by atoms with Crippen LogP contribution in [0.2, 0.25) is 0 Å². The van der Waals surface area contributed by atoms with Crippen molar-refractivity contribution in [2.75, 3.05) is 0 Å². The molecule has 1 aromatic heterocycles. The molecule has 0 radical (unpaired) electrons. The highest BCUT2D eigenvalue weighted by atomic mass is 16.3. The third-order valence-corrected chi connectivity index (χ3v) is 3.36. The summed E-state index contributed by atoms with van der Waals surface area (Å²) in [5, 5.41) is 17.7. The summed E-state index contributed by atoms with van der Waals surface area (Å²) in [5.74, 6) is 1.68. The normalized spacial score (nSPS) is 12.1. The Balaban J connectivity index is 2.52. The first-order valence-electron chi connectivity index (χ1n) is 7.55. The second kappa shape index (κ2) is 7.63. The molecule has 0 aliphatic heterocycles. The van der Waals surface area contributed by atoms with Crippen LogP contribution >= 0.6 is 0 Å². The lowest BCUT2D eigenvalue weighted by molar-refractivity contribution is 0.247. The average Bonchev–Trinajstić information content (AvgIpc) is 2.76. The van der Waals surface area contributed by atoms with E-state index < -0.39 is 0 Å². The lowest BCUT2D eigenvalue weighted by Gasteiger charge is -2.24. The van der Waals surface area contributed by atoms with Gasteiger partial charge in [-0.25, -0.2) is 0 Å². The van der Waals surface area contributed by atoms with E-state index in [1.165, 1.54) is 32.1 Å². The molecule has 0 aliphatic rings. The molecule has 0 bridgehead atoms. The number of aryl methyl sites for hydroxylation is 1. The number of hydrogen-bond donors (Lipinski definition) is 1. The molecule has 0 aliphatic carbocycles. The molecule has 19 heavy (non-hydrogen) atoms. The van der Waals surface area contributed by atoms with Gasteiger partial charge in [0, 0.05) is 12.0 Å². The van der Waals surface area contributed by atoms with E-state index >= 15 is 0 Å². The Hall–Kier alpha value is -0.900. The van der Waals surface area contributed by atoms with Gasteiger partial charge >= 0.3 is 0 Å². The Morgan fingerprint density at radius 2 is 1.53 bits per heavy atom. The molecule has 0 atom stereocenters. The van der Waals surface area contributed by atoms with Crippen LogP contribution in [0.1, 0.15) is 77.9 Å². The molecule has 1 rings (SSSR count). The highest BCUT2D eigenvalue weighted by Gasteiger charge is 2.21. The van der Waals surface area contributed by atoms with Gasteiger partial charge in [-0.15, -0.1) is 10.2 Å². The van der Waals surface area contributed by atoms with Gasteiger partial charge in [-0.2, -0.15) is 0 Å². The molecular weight excluding hydrogens is 238 g/mol. The number of nitrogens with zero attached hydrogens (tertiary/aromatic N) is 3. The van der Waals surface area contributed by atoms with Crippen molar-refractivity contribution < 1.29 is 5.11 Å². The molecule has 1 aromatic rings. The zero-order chi connectivity index (χ0) is 14.3. The van der Waals surface area contributed by atoms with Gasteiger partial charge in [0.25, 0.3) is 0 Å². The van der Waals surface area contributed by atoms with E-state index in [2.05, 4.69) is 42.5 Å². The SMILES string of the molecule is CCCCCCCCc1nnc(CO)n1C(C)(C)C. The molecule has 0 aromatic carbocycles. The Kier molecular flexibility index (Phi) is 6.49. The molecule has 4 nitrogen and oxygen atoms in total. The highest BCUT2D eigenvalue weighted by molar-refractivity contribution is 5.00. The van der Waals surface area contributed by atoms with Crippen LogP contribution in [0.25, 0.3) is 0 Å². The molecule has 0 amide bonds. The monoisotopic (exact) mass is 267 g/mol. The first kappa shape index (κ1) is 16.2. The van der Waals surface area contributed by atoms with E-state index in [9.17, 15) is 5.11 Å². The van der Waals surface area contributed by atoms with E-state index in [0.717, 1.165) is 18.7 Å². The number of aliphatic hydroxyl groups excluding tert-OH is 1. The van der Waals surface area contributed by atoms with Crippen molar-refractivity contribution >= 4 is 0 Å². The summed E-state index contributed by atoms with van der Waals surface area (Å²) in [4.78, 5) is 0. The molecule has 4 heteroatoms. The maximum atomic E-state index is 9.34. The third kappa shape index (κ3) is 4.94. The second-order valence-electron chi connectivity index (χ2n) is 6.21. The van der Waals surface area contributed by atoms with Crippen LogP contribution in [-0.2, 0) is 18.6 Å². The zero-order valence-corrected chi connectivity index (χ0v) is 12.9. The van der Waals surface area contributed by atoms with E-state index in [-0.39, 0.29) is 12.1 Å². The van der Waals surface area contributed by atoms with Crippen molar-refractivity contribution in [3.8, 4) is 0 Å². The molecular formula is C15H29N3O. The Labute approximate surface area is 117 Å². The minimum Gasteiger partial charge on any atom is -0.388 e. The van der Waals surface area contributed by atoms with Crippen molar-refractivity contribution in [2.45, 2.75) is 84.8 Å². The molecule has 0 fully saturated rings. The van der Waals surface area contributed by atoms with Crippen LogP contribution in [0.3, 0.4) is 0 Å². The van der Waals surface area contributed by atoms with Gasteiger partial charge in [0.2, 0.25) is 0 Å². The average molecular weight is 267 g/mol. The number of unbranched alkanes of at least 4 members (excludes halogenated alkanes) is 5. The number of rotatable bonds is 8. The number of aliphatic hydroxyl groups is 1. The first-order chi connectivity index (χ1) is 9.00. The van der Waals surface area contributed by atoms with Crippen molar-refractivity contribution in [3.63, 3.8) is 0 Å². The lowest BCUT2D eigenvalue weighted by atomic mass is 10.1. The molecule has 110 valence electrons. The van der Waals surface area contributed by atoms with Gasteiger partial charge in [0.15, 0.2) is 5.82 Å². The van der Waals surface area contributed by atoms with Crippen LogP contribution in [0.5, 0.6) is 0 Å². The Morgan fingerprint density at radius 1 is 0.947 bits per heavy atom. The highest BCUT2D eigenvalue weighted by Crippen LogP contribution is 2.20. The van der Waals surface area contributed by atoms with E-state index in [1.807, 2.05) is 0 Å². The van der Waals surface area contributed by atoms with Gasteiger partial charge < -0.3 is 9.67 Å². The fourth-order valence-corrected chi connectivity index (χ4v) is 2.46. The quantitative estimate of drug-likeness (QED) is 0.734. The predicted octanol–water partition coefficient (Wildman–Crippen LogP) is 3.43. The minimum atomic E-state index is -0.0703. The fourth-order valence-electron chi connectivity index (χ4n) is 2.46. The summed E-state index contributed by atoms with van der Waals surface area (Å²) in [5.41, 5.74) is -0.0703. The minimum absolute atomic E-state index is 0.0409. The standard InChI is InChI=1S/C15H29N3O/c1-5-6-7-8-9-10-11-13-16-17-14(12-19)18(13)15(2,3)4/h19H,5-12H2,1-4H3. The molecule has 0 spiro atoms. The first-order valence-corrected chi connectivity index (χ1v) is 7.55. The maximum absolute atomic E-state index is 9.34. The molecule has 1 heterocycles. The largest absolute Gasteiger partial charge is 0.388 e. The van der Waals surface area contributed by atoms with Gasteiger partial charge in [-0.05, 0) is 27.2 Å². The summed E-state index contributed by atoms with van der Waals surface area (Å²) < 4.78 is 2.08. The molecule has 0 unspecified atom stereocenters. The number of hydrogen-bond acceptors (Lipinski definition) is 3. The smallest absolute Gasteiger partial charge is 0.159 e. The lowest BCUT2D eigenvalue weighted by Crippen LogP contribution is -2.26. The van der Waals surface area contributed by atoms with Crippen molar-refractivity contribution in [3.05, 3.63) is 11.6 Å². The third-order valence-electron chi connectivity index (χ3n) is 3.36. The number of aromatic nitrogens is 3. The maximum Gasteiger partial charge on any atom is 0.159 e. The molecule has 0 saturated carbocycles. The second-order valence-corrected chi connectivity index (χ2v) is 6.21. The Bertz CT molecular complexity index is 366. The van der Waals surface area contributed by atoms with Crippen LogP contribution in [0.4, 0.5) is 0 Å². The summed E-state index contributed by atoms with van der Waals surface area (Å²) in [6.45, 7) is 8.57. The summed E-state index contributed by atoms with van der Waals surface area (Å²) >= 11 is 0. The van der Waals surface area contributed by atoms with Gasteiger partial charge in [-0.1, -0.05) is 39.0 Å². The summed E-state index contributed by atoms with van der Waals surface area (Å²) in [6.07, 6.45) is 8.64. The van der Waals surface area contributed by atoms with Crippen LogP contribution in [0.15, 0.2) is 0 Å². The van der Waals surface area contributed by atoms with E-state index in [4.69, 9.17) is 0 Å². The summed E-state index contributed by atoms with van der Waals surface area (Å²) in [7, 11) is 0. The van der Waals surface area contributed by atoms with E-state index in [1.54, 1.807) is 0 Å². The van der Waals surface area contributed by atoms with Crippen LogP contribution in [-0.4, -0.2) is 19.9 Å². The fraction of sp³-hybridized carbons (Fsp3) is 0.867. The molecule has 1 N–H and O–H groups in total. The van der Waals surface area contributed by atoms with Crippen LogP contribution < -0.4 is 0 Å². The predicted molar refractivity (Wildman–Crippen MR) is 78.0 cm³/mol. The Morgan fingerprint density at radius 3 is 2.11 bits per heavy atom. The van der Waals surface area contributed by atoms with Gasteiger partial charge in [-0.3, -0.25) is 0 Å². The zero-order valence-electron chi connectivity index (χ0n) is 12.9. The summed E-state index contributed by atoms with van der Waals surface area (Å²) in [6, 6.07) is 0. The van der Waals surface area contributed by atoms with Crippen LogP contribution in [0, 0.1) is 0 Å². The van der Waals surface area contributed by atoms with Gasteiger partial charge in [0.05, 0.1) is 0 Å². The van der Waals surface area contributed by atoms with Crippen molar-refractivity contribution in [2.24, 2.45) is 0 Å².